The lowest BCUT2D eigenvalue weighted by molar-refractivity contribution is -0.134. The summed E-state index contributed by atoms with van der Waals surface area (Å²) in [6.07, 6.45) is 3.06. The van der Waals surface area contributed by atoms with Crippen LogP contribution in [0.15, 0.2) is 42.7 Å². The Morgan fingerprint density at radius 2 is 1.78 bits per heavy atom. The first-order valence-electron chi connectivity index (χ1n) is 7.59. The van der Waals surface area contributed by atoms with Crippen LogP contribution in [-0.4, -0.2) is 32.6 Å². The molecule has 138 valence electrons. The molecule has 3 N–H and O–H groups in total. The van der Waals surface area contributed by atoms with Crippen molar-refractivity contribution in [2.75, 3.05) is 17.2 Å². The second-order valence-corrected chi connectivity index (χ2v) is 5.29. The molecule has 3 aromatic rings. The molecule has 0 atom stereocenters. The van der Waals surface area contributed by atoms with Gasteiger partial charge >= 0.3 is 5.97 Å². The van der Waals surface area contributed by atoms with E-state index in [0.717, 1.165) is 12.1 Å². The number of anilines is 3. The van der Waals surface area contributed by atoms with Gasteiger partial charge in [-0.1, -0.05) is 0 Å². The van der Waals surface area contributed by atoms with Gasteiger partial charge in [0.25, 0.3) is 0 Å². The minimum absolute atomic E-state index is 0.0443. The van der Waals surface area contributed by atoms with Crippen molar-refractivity contribution >= 4 is 23.4 Å². The molecule has 0 radical (unpaired) electrons. The summed E-state index contributed by atoms with van der Waals surface area (Å²) in [5.41, 5.74) is 0.683. The van der Waals surface area contributed by atoms with Gasteiger partial charge in [0.15, 0.2) is 17.5 Å². The van der Waals surface area contributed by atoms with Crippen LogP contribution in [0.5, 0.6) is 0 Å². The summed E-state index contributed by atoms with van der Waals surface area (Å²) in [5, 5.41) is 13.8. The number of rotatable bonds is 6. The molecule has 0 amide bonds. The molecular weight excluding hydrogens is 363 g/mol. The first-order chi connectivity index (χ1) is 12.9. The molecule has 0 aliphatic rings. The molecule has 7 nitrogen and oxygen atoms in total. The second-order valence-electron chi connectivity index (χ2n) is 5.29. The molecule has 0 aliphatic heterocycles. The summed E-state index contributed by atoms with van der Waals surface area (Å²) in [4.78, 5) is 22.9. The van der Waals surface area contributed by atoms with E-state index in [-0.39, 0.29) is 17.5 Å². The maximum Gasteiger partial charge on any atom is 0.322 e. The minimum atomic E-state index is -1.62. The Bertz CT molecular complexity index is 986. The van der Waals surface area contributed by atoms with E-state index in [0.29, 0.717) is 11.3 Å². The van der Waals surface area contributed by atoms with E-state index < -0.39 is 30.0 Å². The topological polar surface area (TPSA) is 100 Å². The maximum atomic E-state index is 13.9. The van der Waals surface area contributed by atoms with Gasteiger partial charge in [0.2, 0.25) is 5.95 Å². The van der Waals surface area contributed by atoms with Crippen LogP contribution in [0.2, 0.25) is 0 Å². The lowest BCUT2D eigenvalue weighted by Gasteiger charge is -2.11. The summed E-state index contributed by atoms with van der Waals surface area (Å²) >= 11 is 0. The third-order valence-electron chi connectivity index (χ3n) is 3.40. The fourth-order valence-electron chi connectivity index (χ4n) is 2.18. The zero-order valence-corrected chi connectivity index (χ0v) is 13.6. The smallest absolute Gasteiger partial charge is 0.322 e. The van der Waals surface area contributed by atoms with Crippen molar-refractivity contribution in [3.05, 3.63) is 60.2 Å². The monoisotopic (exact) mass is 375 g/mol. The van der Waals surface area contributed by atoms with E-state index in [9.17, 15) is 18.0 Å². The van der Waals surface area contributed by atoms with Crippen molar-refractivity contribution in [1.82, 2.24) is 15.0 Å². The van der Waals surface area contributed by atoms with E-state index in [4.69, 9.17) is 5.11 Å². The van der Waals surface area contributed by atoms with Crippen LogP contribution in [0.3, 0.4) is 0 Å². The summed E-state index contributed by atoms with van der Waals surface area (Å²) in [6.45, 7) is -0.446. The molecule has 0 spiro atoms. The molecule has 0 saturated heterocycles. The number of halogens is 3. The van der Waals surface area contributed by atoms with Gasteiger partial charge in [-0.25, -0.2) is 18.2 Å². The summed E-state index contributed by atoms with van der Waals surface area (Å²) in [6, 6.07) is 6.56. The summed E-state index contributed by atoms with van der Waals surface area (Å²) in [7, 11) is 0. The van der Waals surface area contributed by atoms with Gasteiger partial charge in [-0.05, 0) is 24.3 Å². The number of carbonyl (C=O) groups is 1. The molecular formula is C17H12F3N5O2. The highest BCUT2D eigenvalue weighted by molar-refractivity contribution is 5.73. The van der Waals surface area contributed by atoms with Crippen LogP contribution in [0.4, 0.5) is 30.6 Å². The molecule has 0 bridgehead atoms. The number of benzene rings is 1. The predicted octanol–water partition coefficient (Wildman–Crippen LogP) is 3.20. The van der Waals surface area contributed by atoms with E-state index in [1.54, 1.807) is 12.1 Å². The van der Waals surface area contributed by atoms with Gasteiger partial charge in [-0.3, -0.25) is 9.78 Å². The van der Waals surface area contributed by atoms with Crippen molar-refractivity contribution in [2.45, 2.75) is 0 Å². The number of hydrogen-bond acceptors (Lipinski definition) is 6. The van der Waals surface area contributed by atoms with Crippen LogP contribution >= 0.6 is 0 Å². The van der Waals surface area contributed by atoms with Gasteiger partial charge in [0, 0.05) is 24.0 Å². The Morgan fingerprint density at radius 3 is 2.48 bits per heavy atom. The maximum absolute atomic E-state index is 13.9. The minimum Gasteiger partial charge on any atom is -0.480 e. The quantitative estimate of drug-likeness (QED) is 0.569. The third-order valence-corrected chi connectivity index (χ3v) is 3.40. The molecule has 3 rings (SSSR count). The zero-order valence-electron chi connectivity index (χ0n) is 13.6. The van der Waals surface area contributed by atoms with Crippen molar-refractivity contribution in [2.24, 2.45) is 0 Å². The summed E-state index contributed by atoms with van der Waals surface area (Å²) in [5.74, 6) is -5.46. The van der Waals surface area contributed by atoms with Crippen LogP contribution in [-0.2, 0) is 4.79 Å². The number of carboxylic acids is 1. The highest BCUT2D eigenvalue weighted by Gasteiger charge is 2.15. The van der Waals surface area contributed by atoms with Gasteiger partial charge in [0.05, 0.1) is 11.4 Å². The summed E-state index contributed by atoms with van der Waals surface area (Å²) < 4.78 is 40.4. The molecule has 27 heavy (non-hydrogen) atoms. The normalized spacial score (nSPS) is 10.5. The molecule has 2 aromatic heterocycles. The third kappa shape index (κ3) is 4.29. The lowest BCUT2D eigenvalue weighted by atomic mass is 10.2. The number of carboxylic acid groups (broad SMARTS) is 1. The van der Waals surface area contributed by atoms with Crippen molar-refractivity contribution in [1.29, 1.82) is 0 Å². The van der Waals surface area contributed by atoms with E-state index >= 15 is 0 Å². The van der Waals surface area contributed by atoms with Gasteiger partial charge in [0.1, 0.15) is 12.4 Å². The van der Waals surface area contributed by atoms with Crippen molar-refractivity contribution in [3.8, 4) is 11.3 Å². The van der Waals surface area contributed by atoms with Crippen molar-refractivity contribution in [3.63, 3.8) is 0 Å². The standard InChI is InChI=1S/C17H12F3N5O2/c18-10-1-2-11(16(20)15(10)19)23-13-7-12(9-3-5-21-6-4-9)24-17(25-13)22-8-14(26)27/h1-7H,8H2,(H,26,27)(H2,22,23,24,25). The number of nitrogens with zero attached hydrogens (tertiary/aromatic N) is 3. The van der Waals surface area contributed by atoms with Gasteiger partial charge in [-0.2, -0.15) is 4.98 Å². The number of aliphatic carboxylic acids is 1. The Balaban J connectivity index is 1.99. The molecule has 0 unspecified atom stereocenters. The molecule has 0 saturated carbocycles. The van der Waals surface area contributed by atoms with E-state index in [2.05, 4.69) is 25.6 Å². The first kappa shape index (κ1) is 18.1. The Kier molecular flexibility index (Phi) is 5.15. The largest absolute Gasteiger partial charge is 0.480 e. The number of pyridine rings is 1. The van der Waals surface area contributed by atoms with E-state index in [1.165, 1.54) is 18.5 Å². The fraction of sp³-hybridized carbons (Fsp3) is 0.0588. The molecule has 10 heteroatoms. The SMILES string of the molecule is O=C(O)CNc1nc(Nc2ccc(F)c(F)c2F)cc(-c2ccncc2)n1. The average molecular weight is 375 g/mol. The zero-order chi connectivity index (χ0) is 19.4. The Morgan fingerprint density at radius 1 is 1.04 bits per heavy atom. The Hall–Kier alpha value is -3.69. The average Bonchev–Trinajstić information content (AvgIpc) is 2.67. The molecule has 2 heterocycles. The van der Waals surface area contributed by atoms with Crippen molar-refractivity contribution < 1.29 is 23.1 Å². The van der Waals surface area contributed by atoms with Crippen LogP contribution < -0.4 is 10.6 Å². The Labute approximate surface area is 150 Å². The number of hydrogen-bond donors (Lipinski definition) is 3. The predicted molar refractivity (Wildman–Crippen MR) is 91.0 cm³/mol. The van der Waals surface area contributed by atoms with Gasteiger partial charge < -0.3 is 15.7 Å². The van der Waals surface area contributed by atoms with Crippen LogP contribution in [0, 0.1) is 17.5 Å². The van der Waals surface area contributed by atoms with E-state index in [1.807, 2.05) is 0 Å². The first-order valence-corrected chi connectivity index (χ1v) is 7.59. The highest BCUT2D eigenvalue weighted by Crippen LogP contribution is 2.26. The lowest BCUT2D eigenvalue weighted by Crippen LogP contribution is -2.15. The fourth-order valence-corrected chi connectivity index (χ4v) is 2.18. The van der Waals surface area contributed by atoms with Gasteiger partial charge in [-0.15, -0.1) is 0 Å². The molecule has 0 fully saturated rings. The number of aromatic nitrogens is 3. The molecule has 0 aliphatic carbocycles. The molecule has 1 aromatic carbocycles. The highest BCUT2D eigenvalue weighted by atomic mass is 19.2. The number of nitrogens with one attached hydrogen (secondary N) is 2. The van der Waals surface area contributed by atoms with Crippen LogP contribution in [0.1, 0.15) is 0 Å². The van der Waals surface area contributed by atoms with Crippen LogP contribution in [0.25, 0.3) is 11.3 Å². The second kappa shape index (κ2) is 7.68.